The van der Waals surface area contributed by atoms with E-state index in [0.29, 0.717) is 6.61 Å². The Bertz CT molecular complexity index is 248. The van der Waals surface area contributed by atoms with Crippen LogP contribution in [0.15, 0.2) is 0 Å². The van der Waals surface area contributed by atoms with Gasteiger partial charge in [-0.1, -0.05) is 0 Å². The highest BCUT2D eigenvalue weighted by atomic mass is 16.5. The fourth-order valence-electron chi connectivity index (χ4n) is 2.22. The normalized spacial score (nSPS) is 24.6. The summed E-state index contributed by atoms with van der Waals surface area (Å²) >= 11 is 0. The molecule has 0 radical (unpaired) electrons. The maximum Gasteiger partial charge on any atom is 0.226 e. The van der Waals surface area contributed by atoms with Gasteiger partial charge in [-0.3, -0.25) is 4.79 Å². The number of likely N-dealkylation sites (N-methyl/N-ethyl adjacent to an activating group) is 1. The first-order valence-corrected chi connectivity index (χ1v) is 6.81. The molecule has 98 valence electrons. The van der Waals surface area contributed by atoms with Crippen LogP contribution in [-0.4, -0.2) is 50.7 Å². The molecule has 17 heavy (non-hydrogen) atoms. The Labute approximate surface area is 104 Å². The van der Waals surface area contributed by atoms with Gasteiger partial charge in [0.2, 0.25) is 5.91 Å². The molecule has 0 aromatic rings. The summed E-state index contributed by atoms with van der Waals surface area (Å²) in [6.45, 7) is 4.18. The lowest BCUT2D eigenvalue weighted by Gasteiger charge is -2.26. The molecule has 1 N–H and O–H groups in total. The average molecular weight is 240 g/mol. The molecule has 1 aliphatic heterocycles. The summed E-state index contributed by atoms with van der Waals surface area (Å²) < 4.78 is 5.56. The second-order valence-corrected chi connectivity index (χ2v) is 5.32. The third-order valence-electron chi connectivity index (χ3n) is 3.64. The predicted molar refractivity (Wildman–Crippen MR) is 66.8 cm³/mol. The van der Waals surface area contributed by atoms with Crippen molar-refractivity contribution in [3.8, 4) is 0 Å². The third kappa shape index (κ3) is 4.28. The first-order chi connectivity index (χ1) is 8.27. The number of ether oxygens (including phenoxy) is 1. The number of carbonyl (C=O) groups is 1. The highest BCUT2D eigenvalue weighted by Crippen LogP contribution is 2.28. The van der Waals surface area contributed by atoms with Crippen LogP contribution in [-0.2, 0) is 9.53 Å². The molecule has 2 rings (SSSR count). The fraction of sp³-hybridized carbons (Fsp3) is 0.923. The van der Waals surface area contributed by atoms with Crippen LogP contribution in [0, 0.1) is 11.8 Å². The van der Waals surface area contributed by atoms with Gasteiger partial charge < -0.3 is 15.0 Å². The summed E-state index contributed by atoms with van der Waals surface area (Å²) in [6, 6.07) is 0. The van der Waals surface area contributed by atoms with Crippen LogP contribution < -0.4 is 5.32 Å². The summed E-state index contributed by atoms with van der Waals surface area (Å²) in [5, 5.41) is 3.28. The standard InChI is InChI=1S/C13H24N2O2/c1-15(7-8-17-10-11-4-5-11)13(16)12-3-2-6-14-9-12/h11-12,14H,2-10H2,1H3/t12-/m1/s1. The molecule has 1 heterocycles. The summed E-state index contributed by atoms with van der Waals surface area (Å²) in [4.78, 5) is 13.9. The first-order valence-electron chi connectivity index (χ1n) is 6.81. The van der Waals surface area contributed by atoms with E-state index in [-0.39, 0.29) is 11.8 Å². The van der Waals surface area contributed by atoms with E-state index >= 15 is 0 Å². The molecule has 0 bridgehead atoms. The minimum Gasteiger partial charge on any atom is -0.379 e. The van der Waals surface area contributed by atoms with E-state index in [1.165, 1.54) is 12.8 Å². The summed E-state index contributed by atoms with van der Waals surface area (Å²) in [5.74, 6) is 1.25. The lowest BCUT2D eigenvalue weighted by atomic mass is 9.98. The number of nitrogens with one attached hydrogen (secondary N) is 1. The van der Waals surface area contributed by atoms with Crippen molar-refractivity contribution in [3.05, 3.63) is 0 Å². The number of carbonyl (C=O) groups excluding carboxylic acids is 1. The van der Waals surface area contributed by atoms with Crippen LogP contribution in [0.3, 0.4) is 0 Å². The Hall–Kier alpha value is -0.610. The van der Waals surface area contributed by atoms with Crippen molar-refractivity contribution >= 4 is 5.91 Å². The smallest absolute Gasteiger partial charge is 0.226 e. The van der Waals surface area contributed by atoms with Crippen LogP contribution in [0.1, 0.15) is 25.7 Å². The highest BCUT2D eigenvalue weighted by Gasteiger charge is 2.24. The topological polar surface area (TPSA) is 41.6 Å². The van der Waals surface area contributed by atoms with Gasteiger partial charge in [-0.2, -0.15) is 0 Å². The Morgan fingerprint density at radius 1 is 1.41 bits per heavy atom. The Morgan fingerprint density at radius 3 is 2.88 bits per heavy atom. The minimum absolute atomic E-state index is 0.178. The molecule has 1 saturated carbocycles. The van der Waals surface area contributed by atoms with Crippen molar-refractivity contribution in [2.24, 2.45) is 11.8 Å². The highest BCUT2D eigenvalue weighted by molar-refractivity contribution is 5.78. The first kappa shape index (κ1) is 12.8. The number of rotatable bonds is 6. The zero-order valence-electron chi connectivity index (χ0n) is 10.8. The third-order valence-corrected chi connectivity index (χ3v) is 3.64. The molecule has 4 nitrogen and oxygen atoms in total. The molecule has 2 aliphatic rings. The molecule has 0 aromatic heterocycles. The van der Waals surface area contributed by atoms with Crippen LogP contribution in [0.5, 0.6) is 0 Å². The lowest BCUT2D eigenvalue weighted by molar-refractivity contribution is -0.135. The Morgan fingerprint density at radius 2 is 2.24 bits per heavy atom. The van der Waals surface area contributed by atoms with Gasteiger partial charge in [-0.15, -0.1) is 0 Å². The van der Waals surface area contributed by atoms with E-state index in [1.54, 1.807) is 0 Å². The number of piperidine rings is 1. The molecule has 0 unspecified atom stereocenters. The van der Waals surface area contributed by atoms with Crippen LogP contribution >= 0.6 is 0 Å². The van der Waals surface area contributed by atoms with Gasteiger partial charge in [0.25, 0.3) is 0 Å². The molecule has 0 spiro atoms. The van der Waals surface area contributed by atoms with Gasteiger partial charge >= 0.3 is 0 Å². The SMILES string of the molecule is CN(CCOCC1CC1)C(=O)[C@@H]1CCCNC1. The quantitative estimate of drug-likeness (QED) is 0.701. The predicted octanol–water partition coefficient (Wildman–Crippen LogP) is 0.871. The van der Waals surface area contributed by atoms with Gasteiger partial charge in [0.15, 0.2) is 0 Å². The van der Waals surface area contributed by atoms with Crippen molar-refractivity contribution in [2.45, 2.75) is 25.7 Å². The molecular formula is C13H24N2O2. The molecule has 1 aliphatic carbocycles. The Kier molecular flexibility index (Phi) is 4.80. The molecule has 0 aromatic carbocycles. The number of hydrogen-bond acceptors (Lipinski definition) is 3. The maximum absolute atomic E-state index is 12.1. The van der Waals surface area contributed by atoms with E-state index in [0.717, 1.165) is 45.0 Å². The van der Waals surface area contributed by atoms with Gasteiger partial charge in [0, 0.05) is 26.7 Å². The lowest BCUT2D eigenvalue weighted by Crippen LogP contribution is -2.42. The molecule has 1 amide bonds. The van der Waals surface area contributed by atoms with E-state index in [2.05, 4.69) is 5.32 Å². The number of hydrogen-bond donors (Lipinski definition) is 1. The van der Waals surface area contributed by atoms with Crippen molar-refractivity contribution in [3.63, 3.8) is 0 Å². The second-order valence-electron chi connectivity index (χ2n) is 5.32. The number of amides is 1. The van der Waals surface area contributed by atoms with Gasteiger partial charge in [0.05, 0.1) is 12.5 Å². The minimum atomic E-state index is 0.178. The van der Waals surface area contributed by atoms with Crippen molar-refractivity contribution in [2.75, 3.05) is 39.9 Å². The largest absolute Gasteiger partial charge is 0.379 e. The van der Waals surface area contributed by atoms with E-state index in [1.807, 2.05) is 11.9 Å². The summed E-state index contributed by atoms with van der Waals surface area (Å²) in [7, 11) is 1.89. The Balaban J connectivity index is 1.59. The van der Waals surface area contributed by atoms with E-state index in [9.17, 15) is 4.79 Å². The zero-order chi connectivity index (χ0) is 12.1. The molecule has 1 saturated heterocycles. The van der Waals surface area contributed by atoms with Crippen molar-refractivity contribution in [1.29, 1.82) is 0 Å². The van der Waals surface area contributed by atoms with Crippen molar-refractivity contribution in [1.82, 2.24) is 10.2 Å². The number of nitrogens with zero attached hydrogens (tertiary/aromatic N) is 1. The summed E-state index contributed by atoms with van der Waals surface area (Å²) in [5.41, 5.74) is 0. The van der Waals surface area contributed by atoms with Gasteiger partial charge in [0.1, 0.15) is 0 Å². The maximum atomic E-state index is 12.1. The van der Waals surface area contributed by atoms with Crippen LogP contribution in [0.25, 0.3) is 0 Å². The molecule has 2 fully saturated rings. The molecule has 1 atom stereocenters. The monoisotopic (exact) mass is 240 g/mol. The van der Waals surface area contributed by atoms with Crippen molar-refractivity contribution < 1.29 is 9.53 Å². The van der Waals surface area contributed by atoms with E-state index in [4.69, 9.17) is 4.74 Å². The van der Waals surface area contributed by atoms with E-state index < -0.39 is 0 Å². The zero-order valence-corrected chi connectivity index (χ0v) is 10.8. The molecular weight excluding hydrogens is 216 g/mol. The summed E-state index contributed by atoms with van der Waals surface area (Å²) in [6.07, 6.45) is 4.78. The fourth-order valence-corrected chi connectivity index (χ4v) is 2.22. The van der Waals surface area contributed by atoms with Crippen LogP contribution in [0.4, 0.5) is 0 Å². The van der Waals surface area contributed by atoms with Gasteiger partial charge in [-0.05, 0) is 38.1 Å². The molecule has 4 heteroatoms. The second kappa shape index (κ2) is 6.36. The average Bonchev–Trinajstić information content (AvgIpc) is 3.18. The van der Waals surface area contributed by atoms with Crippen LogP contribution in [0.2, 0.25) is 0 Å². The van der Waals surface area contributed by atoms with Gasteiger partial charge in [-0.25, -0.2) is 0 Å².